The molecule has 0 radical (unpaired) electrons. The van der Waals surface area contributed by atoms with Crippen LogP contribution in [-0.2, 0) is 6.42 Å². The SMILES string of the molecule is CCC1CCc2nc(N)cnc2NC1. The van der Waals surface area contributed by atoms with Crippen LogP contribution in [0.5, 0.6) is 0 Å². The summed E-state index contributed by atoms with van der Waals surface area (Å²) >= 11 is 0. The van der Waals surface area contributed by atoms with Gasteiger partial charge in [-0.05, 0) is 18.8 Å². The Balaban J connectivity index is 2.21. The number of fused-ring (bicyclic) bond motifs is 1. The van der Waals surface area contributed by atoms with Gasteiger partial charge in [0, 0.05) is 6.54 Å². The van der Waals surface area contributed by atoms with E-state index in [0.29, 0.717) is 5.82 Å². The smallest absolute Gasteiger partial charge is 0.147 e. The summed E-state index contributed by atoms with van der Waals surface area (Å²) < 4.78 is 0. The van der Waals surface area contributed by atoms with Crippen molar-refractivity contribution in [3.63, 3.8) is 0 Å². The van der Waals surface area contributed by atoms with Crippen molar-refractivity contribution in [3.05, 3.63) is 11.9 Å². The van der Waals surface area contributed by atoms with E-state index in [1.807, 2.05) is 0 Å². The predicted molar refractivity (Wildman–Crippen MR) is 57.0 cm³/mol. The number of nitrogens with one attached hydrogen (secondary N) is 1. The number of rotatable bonds is 1. The molecule has 3 N–H and O–H groups in total. The summed E-state index contributed by atoms with van der Waals surface area (Å²) in [6.07, 6.45) is 4.97. The number of aromatic nitrogens is 2. The zero-order chi connectivity index (χ0) is 9.97. The van der Waals surface area contributed by atoms with Crippen LogP contribution < -0.4 is 11.1 Å². The van der Waals surface area contributed by atoms with Gasteiger partial charge in [0.2, 0.25) is 0 Å². The molecule has 1 unspecified atom stereocenters. The van der Waals surface area contributed by atoms with E-state index in [1.54, 1.807) is 6.20 Å². The van der Waals surface area contributed by atoms with Crippen molar-refractivity contribution in [2.75, 3.05) is 17.6 Å². The van der Waals surface area contributed by atoms with Gasteiger partial charge in [-0.3, -0.25) is 0 Å². The summed E-state index contributed by atoms with van der Waals surface area (Å²) in [5, 5.41) is 3.32. The van der Waals surface area contributed by atoms with E-state index in [0.717, 1.165) is 30.4 Å². The highest BCUT2D eigenvalue weighted by molar-refractivity contribution is 5.44. The fraction of sp³-hybridized carbons (Fsp3) is 0.600. The summed E-state index contributed by atoms with van der Waals surface area (Å²) in [5.74, 6) is 2.16. The van der Waals surface area contributed by atoms with Crippen molar-refractivity contribution < 1.29 is 0 Å². The molecular weight excluding hydrogens is 176 g/mol. The Morgan fingerprint density at radius 2 is 2.50 bits per heavy atom. The van der Waals surface area contributed by atoms with E-state index in [-0.39, 0.29) is 0 Å². The third-order valence-corrected chi connectivity index (χ3v) is 2.79. The van der Waals surface area contributed by atoms with Crippen LogP contribution in [0, 0.1) is 5.92 Å². The minimum absolute atomic E-state index is 0.514. The van der Waals surface area contributed by atoms with Crippen molar-refractivity contribution in [1.29, 1.82) is 0 Å². The molecule has 0 aliphatic carbocycles. The number of nitrogens with zero attached hydrogens (tertiary/aromatic N) is 2. The first-order valence-corrected chi connectivity index (χ1v) is 5.15. The normalized spacial score (nSPS) is 20.8. The second-order valence-corrected chi connectivity index (χ2v) is 3.78. The molecule has 0 amide bonds. The van der Waals surface area contributed by atoms with Crippen LogP contribution in [0.15, 0.2) is 6.20 Å². The van der Waals surface area contributed by atoms with Crippen molar-refractivity contribution in [2.24, 2.45) is 5.92 Å². The molecule has 1 aromatic rings. The van der Waals surface area contributed by atoms with E-state index in [4.69, 9.17) is 5.73 Å². The van der Waals surface area contributed by atoms with Crippen LogP contribution in [0.4, 0.5) is 11.6 Å². The summed E-state index contributed by atoms with van der Waals surface area (Å²) in [6.45, 7) is 3.22. The van der Waals surface area contributed by atoms with Gasteiger partial charge in [-0.15, -0.1) is 0 Å². The van der Waals surface area contributed by atoms with E-state index in [1.165, 1.54) is 12.8 Å². The van der Waals surface area contributed by atoms with Gasteiger partial charge in [0.1, 0.15) is 11.6 Å². The first kappa shape index (κ1) is 9.24. The lowest BCUT2D eigenvalue weighted by molar-refractivity contribution is 0.501. The zero-order valence-corrected chi connectivity index (χ0v) is 8.45. The Hall–Kier alpha value is -1.32. The maximum absolute atomic E-state index is 5.60. The van der Waals surface area contributed by atoms with Gasteiger partial charge in [-0.1, -0.05) is 13.3 Å². The van der Waals surface area contributed by atoms with Gasteiger partial charge in [0.15, 0.2) is 0 Å². The van der Waals surface area contributed by atoms with Crippen molar-refractivity contribution in [1.82, 2.24) is 9.97 Å². The predicted octanol–water partition coefficient (Wildman–Crippen LogP) is 1.44. The quantitative estimate of drug-likeness (QED) is 0.706. The van der Waals surface area contributed by atoms with Gasteiger partial charge in [0.25, 0.3) is 0 Å². The van der Waals surface area contributed by atoms with Crippen LogP contribution >= 0.6 is 0 Å². The highest BCUT2D eigenvalue weighted by Crippen LogP contribution is 2.22. The molecule has 76 valence electrons. The lowest BCUT2D eigenvalue weighted by Gasteiger charge is -2.10. The Morgan fingerprint density at radius 1 is 1.64 bits per heavy atom. The standard InChI is InChI=1S/C10H16N4/c1-2-7-3-4-8-10(12-5-7)13-6-9(11)14-8/h6-7H,2-5H2,1H3,(H2,11,14)(H,12,13). The fourth-order valence-electron chi connectivity index (χ4n) is 1.80. The Bertz CT molecular complexity index is 324. The number of hydrogen-bond donors (Lipinski definition) is 2. The molecule has 1 atom stereocenters. The maximum Gasteiger partial charge on any atom is 0.147 e. The first-order valence-electron chi connectivity index (χ1n) is 5.15. The molecule has 0 saturated heterocycles. The largest absolute Gasteiger partial charge is 0.382 e. The molecule has 0 bridgehead atoms. The molecular formula is C10H16N4. The van der Waals surface area contributed by atoms with Gasteiger partial charge >= 0.3 is 0 Å². The highest BCUT2D eigenvalue weighted by atomic mass is 15.0. The average molecular weight is 192 g/mol. The first-order chi connectivity index (χ1) is 6.79. The van der Waals surface area contributed by atoms with Crippen LogP contribution in [-0.4, -0.2) is 16.5 Å². The molecule has 2 heterocycles. The Morgan fingerprint density at radius 3 is 3.29 bits per heavy atom. The monoisotopic (exact) mass is 192 g/mol. The molecule has 1 aliphatic heterocycles. The number of nitrogens with two attached hydrogens (primary N) is 1. The topological polar surface area (TPSA) is 63.8 Å². The second kappa shape index (κ2) is 3.82. The molecule has 0 spiro atoms. The molecule has 1 aromatic heterocycles. The van der Waals surface area contributed by atoms with Crippen LogP contribution in [0.3, 0.4) is 0 Å². The molecule has 0 fully saturated rings. The molecule has 2 rings (SSSR count). The minimum atomic E-state index is 0.514. The zero-order valence-electron chi connectivity index (χ0n) is 8.45. The lowest BCUT2D eigenvalue weighted by atomic mass is 10.0. The van der Waals surface area contributed by atoms with E-state index >= 15 is 0 Å². The molecule has 0 saturated carbocycles. The van der Waals surface area contributed by atoms with E-state index < -0.39 is 0 Å². The lowest BCUT2D eigenvalue weighted by Crippen LogP contribution is -2.11. The number of anilines is 2. The van der Waals surface area contributed by atoms with Crippen LogP contribution in [0.25, 0.3) is 0 Å². The summed E-state index contributed by atoms with van der Waals surface area (Å²) in [6, 6.07) is 0. The third-order valence-electron chi connectivity index (χ3n) is 2.79. The molecule has 0 aromatic carbocycles. The van der Waals surface area contributed by atoms with Crippen molar-refractivity contribution >= 4 is 11.6 Å². The maximum atomic E-state index is 5.60. The third kappa shape index (κ3) is 1.78. The summed E-state index contributed by atoms with van der Waals surface area (Å²) in [5.41, 5.74) is 6.61. The van der Waals surface area contributed by atoms with Gasteiger partial charge in [-0.2, -0.15) is 0 Å². The molecule has 4 nitrogen and oxygen atoms in total. The van der Waals surface area contributed by atoms with E-state index in [2.05, 4.69) is 22.2 Å². The fourth-order valence-corrected chi connectivity index (χ4v) is 1.80. The van der Waals surface area contributed by atoms with Crippen molar-refractivity contribution in [2.45, 2.75) is 26.2 Å². The molecule has 1 aliphatic rings. The van der Waals surface area contributed by atoms with Gasteiger partial charge in [0.05, 0.1) is 11.9 Å². The second-order valence-electron chi connectivity index (χ2n) is 3.78. The van der Waals surface area contributed by atoms with Gasteiger partial charge < -0.3 is 11.1 Å². The molecule has 4 heteroatoms. The highest BCUT2D eigenvalue weighted by Gasteiger charge is 2.15. The van der Waals surface area contributed by atoms with Crippen LogP contribution in [0.2, 0.25) is 0 Å². The Labute approximate surface area is 83.9 Å². The Kier molecular flexibility index (Phi) is 2.52. The summed E-state index contributed by atoms with van der Waals surface area (Å²) in [4.78, 5) is 8.54. The van der Waals surface area contributed by atoms with Crippen molar-refractivity contribution in [3.8, 4) is 0 Å². The minimum Gasteiger partial charge on any atom is -0.382 e. The van der Waals surface area contributed by atoms with Crippen LogP contribution in [0.1, 0.15) is 25.5 Å². The molecule has 14 heavy (non-hydrogen) atoms. The number of aryl methyl sites for hydroxylation is 1. The average Bonchev–Trinajstić information content (AvgIpc) is 2.39. The number of hydrogen-bond acceptors (Lipinski definition) is 4. The van der Waals surface area contributed by atoms with Gasteiger partial charge in [-0.25, -0.2) is 9.97 Å². The number of nitrogen functional groups attached to an aromatic ring is 1. The van der Waals surface area contributed by atoms with E-state index in [9.17, 15) is 0 Å². The summed E-state index contributed by atoms with van der Waals surface area (Å²) in [7, 11) is 0.